The third-order valence-electron chi connectivity index (χ3n) is 12.1. The standard InChI is InChI=1S/C27H24O2P.C24BF20/c1-29-27(28)26-20-12-11-13-22(26)21-30(23-14-5-2-6-15-23,24-16-7-3-8-17-24)25-18-9-4-10-19-25;26-5-1(6(27)14(35)21(42)13(5)34)25(2-7(28)15(36)22(43)16(37)8(2)29,3-9(30)17(38)23(44)18(39)10(3)31)4-11(32)19(40)24(45)20(41)12(4)33/h2-20H,21H2,1H3;/q+1;-1. The van der Waals surface area contributed by atoms with Crippen molar-refractivity contribution in [2.75, 3.05) is 7.11 Å². The van der Waals surface area contributed by atoms with Gasteiger partial charge in [0.15, 0.2) is 69.8 Å². The zero-order valence-electron chi connectivity index (χ0n) is 37.1. The van der Waals surface area contributed by atoms with Crippen LogP contribution in [0.1, 0.15) is 15.9 Å². The lowest BCUT2D eigenvalue weighted by Crippen LogP contribution is -2.81. The molecule has 0 atom stereocenters. The molecule has 0 aliphatic carbocycles. The van der Waals surface area contributed by atoms with Crippen LogP contribution in [-0.2, 0) is 10.9 Å². The molecule has 388 valence electrons. The molecule has 24 heteroatoms. The van der Waals surface area contributed by atoms with Crippen molar-refractivity contribution in [3.05, 3.63) is 243 Å². The van der Waals surface area contributed by atoms with Crippen molar-refractivity contribution in [1.82, 2.24) is 0 Å². The number of carbonyl (C=O) groups excluding carboxylic acids is 1. The summed E-state index contributed by atoms with van der Waals surface area (Å²) in [5, 5.41) is 3.88. The second-order valence-electron chi connectivity index (χ2n) is 15.9. The summed E-state index contributed by atoms with van der Waals surface area (Å²) in [7, 11) is -0.622. The van der Waals surface area contributed by atoms with Crippen LogP contribution in [0.2, 0.25) is 0 Å². The van der Waals surface area contributed by atoms with Crippen LogP contribution >= 0.6 is 7.26 Å². The number of esters is 1. The number of carbonyl (C=O) groups is 1. The van der Waals surface area contributed by atoms with Gasteiger partial charge in [0.25, 0.3) is 0 Å². The van der Waals surface area contributed by atoms with Gasteiger partial charge in [-0.05, 0) is 42.5 Å². The smallest absolute Gasteiger partial charge is 0.338 e. The molecular formula is C51H24BF20O2P. The Hall–Kier alpha value is -7.68. The van der Waals surface area contributed by atoms with E-state index < -0.39 is 152 Å². The lowest BCUT2D eigenvalue weighted by molar-refractivity contribution is 0.0599. The molecule has 75 heavy (non-hydrogen) atoms. The Labute approximate surface area is 409 Å². The van der Waals surface area contributed by atoms with Gasteiger partial charge >= 0.3 is 5.97 Å². The highest BCUT2D eigenvalue weighted by atomic mass is 31.2. The van der Waals surface area contributed by atoms with E-state index in [1.165, 1.54) is 23.0 Å². The van der Waals surface area contributed by atoms with Gasteiger partial charge in [0.2, 0.25) is 0 Å². The van der Waals surface area contributed by atoms with E-state index in [-0.39, 0.29) is 5.97 Å². The molecule has 8 aromatic rings. The average molecular weight is 1090 g/mol. The number of halogens is 20. The highest BCUT2D eigenvalue weighted by molar-refractivity contribution is 7.95. The minimum Gasteiger partial charge on any atom is -0.465 e. The van der Waals surface area contributed by atoms with Crippen LogP contribution in [0.4, 0.5) is 87.8 Å². The highest BCUT2D eigenvalue weighted by Crippen LogP contribution is 2.58. The summed E-state index contributed by atoms with van der Waals surface area (Å²) in [6.07, 6.45) is -6.47. The molecule has 0 spiro atoms. The molecule has 0 amide bonds. The molecule has 8 aromatic carbocycles. The van der Waals surface area contributed by atoms with Gasteiger partial charge < -0.3 is 4.74 Å². The van der Waals surface area contributed by atoms with Gasteiger partial charge in [-0.25, -0.2) is 92.6 Å². The van der Waals surface area contributed by atoms with Gasteiger partial charge in [-0.15, -0.1) is 21.9 Å². The fourth-order valence-corrected chi connectivity index (χ4v) is 13.1. The van der Waals surface area contributed by atoms with E-state index >= 15 is 35.1 Å². The molecule has 0 N–H and O–H groups in total. The Balaban J connectivity index is 0.000000236. The number of rotatable bonds is 10. The minimum atomic E-state index is -7.22. The molecular weight excluding hydrogens is 1070 g/mol. The molecule has 0 radical (unpaired) electrons. The fraction of sp³-hybridized carbons (Fsp3) is 0.0392. The summed E-state index contributed by atoms with van der Waals surface area (Å²) >= 11 is 0. The number of ether oxygens (including phenoxy) is 1. The summed E-state index contributed by atoms with van der Waals surface area (Å²) in [6.45, 7) is 0. The number of hydrogen-bond acceptors (Lipinski definition) is 2. The van der Waals surface area contributed by atoms with E-state index in [4.69, 9.17) is 4.74 Å². The largest absolute Gasteiger partial charge is 0.465 e. The van der Waals surface area contributed by atoms with Gasteiger partial charge in [-0.3, -0.25) is 0 Å². The molecule has 0 unspecified atom stereocenters. The molecule has 0 saturated carbocycles. The second-order valence-corrected chi connectivity index (χ2v) is 19.4. The van der Waals surface area contributed by atoms with Crippen molar-refractivity contribution in [2.24, 2.45) is 0 Å². The molecule has 0 fully saturated rings. The van der Waals surface area contributed by atoms with Crippen LogP contribution in [0.15, 0.2) is 115 Å². The van der Waals surface area contributed by atoms with Crippen LogP contribution in [0.3, 0.4) is 0 Å². The van der Waals surface area contributed by atoms with Gasteiger partial charge in [-0.1, -0.05) is 72.8 Å². The first-order valence-electron chi connectivity index (χ1n) is 20.9. The summed E-state index contributed by atoms with van der Waals surface area (Å²) in [4.78, 5) is 12.5. The zero-order chi connectivity index (χ0) is 55.2. The van der Waals surface area contributed by atoms with E-state index in [1.54, 1.807) is 0 Å². The summed E-state index contributed by atoms with van der Waals surface area (Å²) in [5.74, 6) is -71.7. The Morgan fingerprint density at radius 2 is 0.547 bits per heavy atom. The normalized spacial score (nSPS) is 11.6. The van der Waals surface area contributed by atoms with E-state index in [9.17, 15) is 57.5 Å². The van der Waals surface area contributed by atoms with Crippen molar-refractivity contribution in [1.29, 1.82) is 0 Å². The van der Waals surface area contributed by atoms with E-state index in [0.29, 0.717) is 5.56 Å². The average Bonchev–Trinajstić information content (AvgIpc) is 3.44. The molecule has 0 heterocycles. The van der Waals surface area contributed by atoms with E-state index in [0.717, 1.165) is 11.7 Å². The predicted molar refractivity (Wildman–Crippen MR) is 236 cm³/mol. The lowest BCUT2D eigenvalue weighted by Gasteiger charge is -2.44. The Morgan fingerprint density at radius 3 is 0.787 bits per heavy atom. The van der Waals surface area contributed by atoms with Crippen LogP contribution in [0, 0.1) is 116 Å². The van der Waals surface area contributed by atoms with Crippen molar-refractivity contribution in [3.8, 4) is 0 Å². The third-order valence-corrected chi connectivity index (χ3v) is 16.5. The van der Waals surface area contributed by atoms with Gasteiger partial charge in [-0.2, -0.15) is 0 Å². The maximum absolute atomic E-state index is 15.4. The first-order valence-corrected chi connectivity index (χ1v) is 22.9. The number of methoxy groups -OCH3 is 1. The second kappa shape index (κ2) is 21.3. The van der Waals surface area contributed by atoms with Gasteiger partial charge in [0, 0.05) is 5.56 Å². The minimum absolute atomic E-state index is 0.294. The quantitative estimate of drug-likeness (QED) is 0.0341. The summed E-state index contributed by atoms with van der Waals surface area (Å²) < 4.78 is 299. The van der Waals surface area contributed by atoms with Crippen molar-refractivity contribution in [2.45, 2.75) is 6.16 Å². The van der Waals surface area contributed by atoms with Crippen LogP contribution < -0.4 is 37.8 Å². The van der Waals surface area contributed by atoms with Crippen LogP contribution in [0.5, 0.6) is 0 Å². The van der Waals surface area contributed by atoms with Gasteiger partial charge in [0.1, 0.15) is 75.9 Å². The first kappa shape index (κ1) is 55.1. The maximum Gasteiger partial charge on any atom is 0.338 e. The molecule has 0 saturated heterocycles. The van der Waals surface area contributed by atoms with Crippen molar-refractivity contribution < 1.29 is 97.3 Å². The van der Waals surface area contributed by atoms with Crippen LogP contribution in [0.25, 0.3) is 0 Å². The number of hydrogen-bond donors (Lipinski definition) is 0. The first-order chi connectivity index (χ1) is 35.5. The van der Waals surface area contributed by atoms with E-state index in [1.807, 2.05) is 18.2 Å². The van der Waals surface area contributed by atoms with Crippen molar-refractivity contribution >= 4 is 57.1 Å². The molecule has 0 aliphatic rings. The Bertz CT molecular complexity index is 3050. The molecule has 0 aromatic heterocycles. The van der Waals surface area contributed by atoms with Crippen LogP contribution in [-0.4, -0.2) is 19.2 Å². The summed E-state index contributed by atoms with van der Waals surface area (Å²) in [6, 6.07) is 39.9. The SMILES string of the molecule is COC(=O)c1ccccc1C[P+](c1ccccc1)(c1ccccc1)c1ccccc1.Fc1c(F)c(F)c([B-](c2c(F)c(F)c(F)c(F)c2F)(c2c(F)c(F)c(F)c(F)c2F)c2c(F)c(F)c(F)c(F)c2F)c(F)c1F. The monoisotopic (exact) mass is 1090 g/mol. The molecule has 8 rings (SSSR count). The fourth-order valence-electron chi connectivity index (χ4n) is 8.87. The maximum atomic E-state index is 15.4. The zero-order valence-corrected chi connectivity index (χ0v) is 38.0. The molecule has 2 nitrogen and oxygen atoms in total. The highest BCUT2D eigenvalue weighted by Gasteiger charge is 2.53. The number of benzene rings is 8. The Morgan fingerprint density at radius 1 is 0.333 bits per heavy atom. The molecule has 0 bridgehead atoms. The third kappa shape index (κ3) is 8.83. The van der Waals surface area contributed by atoms with Crippen molar-refractivity contribution in [3.63, 3.8) is 0 Å². The topological polar surface area (TPSA) is 26.3 Å². The summed E-state index contributed by atoms with van der Waals surface area (Å²) in [5.41, 5.74) is -12.7. The predicted octanol–water partition coefficient (Wildman–Crippen LogP) is 10.8. The Kier molecular flexibility index (Phi) is 15.6. The lowest BCUT2D eigenvalue weighted by atomic mass is 9.12. The molecule has 0 aliphatic heterocycles. The van der Waals surface area contributed by atoms with Gasteiger partial charge in [0.05, 0.1) is 18.8 Å². The van der Waals surface area contributed by atoms with E-state index in [2.05, 4.69) is 97.1 Å².